The molecular weight excluding hydrogens is 923 g/mol. The summed E-state index contributed by atoms with van der Waals surface area (Å²) in [6.45, 7) is 4.87. The largest absolute Gasteiger partial charge is 0.466 e. The number of aliphatic hydroxyl groups excluding tert-OH is 2. The first-order valence-corrected chi connectivity index (χ1v) is 33.4. The first-order chi connectivity index (χ1) is 37.0. The van der Waals surface area contributed by atoms with E-state index in [0.717, 1.165) is 51.4 Å². The molecule has 1 amide bonds. The molecule has 0 rings (SSSR count). The minimum atomic E-state index is -0.843. The number of unbranched alkanes of at least 4 members (excludes halogenated alkanes) is 45. The average Bonchev–Trinajstić information content (AvgIpc) is 3.41. The standard InChI is InChI=1S/C69H129NO5/c1-3-5-7-9-11-13-15-16-38-42-45-49-53-57-61-67(72)66(65-71)70-68(73)62-58-54-50-46-43-39-36-34-32-30-28-26-24-22-20-18-17-19-21-23-25-27-29-31-33-35-37-40-44-48-52-56-60-64-75-69(74)63-59-55-51-47-41-14-12-10-8-6-4-2/h10,12,21,23,27,29,57,61,66-67,71-72H,3-9,11,13-20,22,24-26,28,30-56,58-60,62-65H2,1-2H3,(H,70,73)/b12-10-,23-21-,29-27-,61-57+. The number of hydrogen-bond acceptors (Lipinski definition) is 5. The minimum absolute atomic E-state index is 0.00256. The highest BCUT2D eigenvalue weighted by Gasteiger charge is 2.18. The number of carbonyl (C=O) groups is 2. The van der Waals surface area contributed by atoms with Crippen LogP contribution in [0.1, 0.15) is 354 Å². The molecule has 0 aliphatic heterocycles. The van der Waals surface area contributed by atoms with Crippen molar-refractivity contribution < 1.29 is 24.5 Å². The highest BCUT2D eigenvalue weighted by Crippen LogP contribution is 2.17. The normalized spacial score (nSPS) is 12.9. The Bertz CT molecular complexity index is 1260. The van der Waals surface area contributed by atoms with Gasteiger partial charge in [0.05, 0.1) is 25.4 Å². The molecule has 0 aliphatic carbocycles. The van der Waals surface area contributed by atoms with Crippen molar-refractivity contribution >= 4 is 11.9 Å². The molecule has 6 heteroatoms. The predicted octanol–water partition coefficient (Wildman–Crippen LogP) is 21.3. The molecule has 0 aromatic carbocycles. The molecule has 0 bridgehead atoms. The van der Waals surface area contributed by atoms with E-state index in [2.05, 4.69) is 55.6 Å². The first-order valence-electron chi connectivity index (χ1n) is 33.4. The van der Waals surface area contributed by atoms with E-state index in [1.807, 2.05) is 6.08 Å². The fourth-order valence-electron chi connectivity index (χ4n) is 10.2. The summed E-state index contributed by atoms with van der Waals surface area (Å²) < 4.78 is 5.46. The molecule has 440 valence electrons. The van der Waals surface area contributed by atoms with E-state index in [-0.39, 0.29) is 18.5 Å². The Kier molecular flexibility index (Phi) is 62.5. The maximum absolute atomic E-state index is 12.5. The molecule has 0 saturated carbocycles. The molecule has 3 N–H and O–H groups in total. The molecule has 0 fully saturated rings. The molecule has 0 aromatic rings. The lowest BCUT2D eigenvalue weighted by atomic mass is 10.0. The van der Waals surface area contributed by atoms with Gasteiger partial charge in [-0.15, -0.1) is 0 Å². The third-order valence-corrected chi connectivity index (χ3v) is 15.3. The van der Waals surface area contributed by atoms with E-state index in [1.54, 1.807) is 6.08 Å². The summed E-state index contributed by atoms with van der Waals surface area (Å²) in [7, 11) is 0. The zero-order valence-electron chi connectivity index (χ0n) is 50.3. The molecule has 0 aliphatic rings. The monoisotopic (exact) mass is 1050 g/mol. The van der Waals surface area contributed by atoms with Crippen LogP contribution < -0.4 is 5.32 Å². The number of hydrogen-bond donors (Lipinski definition) is 3. The molecule has 0 radical (unpaired) electrons. The second-order valence-electron chi connectivity index (χ2n) is 22.8. The van der Waals surface area contributed by atoms with Crippen LogP contribution in [0.2, 0.25) is 0 Å². The Morgan fingerprint density at radius 3 is 1.07 bits per heavy atom. The van der Waals surface area contributed by atoms with Crippen molar-refractivity contribution in [3.63, 3.8) is 0 Å². The van der Waals surface area contributed by atoms with Gasteiger partial charge >= 0.3 is 5.97 Å². The van der Waals surface area contributed by atoms with Gasteiger partial charge in [-0.25, -0.2) is 0 Å². The molecule has 0 saturated heterocycles. The average molecular weight is 1050 g/mol. The summed E-state index contributed by atoms with van der Waals surface area (Å²) in [5, 5.41) is 23.1. The molecule has 0 heterocycles. The maximum Gasteiger partial charge on any atom is 0.305 e. The van der Waals surface area contributed by atoms with Gasteiger partial charge in [-0.1, -0.05) is 306 Å². The Morgan fingerprint density at radius 1 is 0.373 bits per heavy atom. The van der Waals surface area contributed by atoms with Crippen LogP contribution in [0.25, 0.3) is 0 Å². The summed E-state index contributed by atoms with van der Waals surface area (Å²) in [6, 6.07) is -0.626. The van der Waals surface area contributed by atoms with Crippen LogP contribution >= 0.6 is 0 Å². The zero-order valence-corrected chi connectivity index (χ0v) is 50.3. The van der Waals surface area contributed by atoms with E-state index < -0.39 is 12.1 Å². The number of rotatable bonds is 62. The second kappa shape index (κ2) is 64.3. The van der Waals surface area contributed by atoms with Gasteiger partial charge in [0.2, 0.25) is 5.91 Å². The molecular formula is C69H129NO5. The fraction of sp³-hybridized carbons (Fsp3) is 0.855. The molecule has 2 unspecified atom stereocenters. The van der Waals surface area contributed by atoms with E-state index in [1.165, 1.54) is 276 Å². The summed E-state index contributed by atoms with van der Waals surface area (Å²) in [5.41, 5.74) is 0. The number of allylic oxidation sites excluding steroid dienone is 7. The van der Waals surface area contributed by atoms with Crippen molar-refractivity contribution in [1.29, 1.82) is 0 Å². The quantitative estimate of drug-likeness (QED) is 0.0320. The number of ether oxygens (including phenoxy) is 1. The summed E-state index contributed by atoms with van der Waals surface area (Å²) in [6.07, 6.45) is 83.3. The third-order valence-electron chi connectivity index (χ3n) is 15.3. The Balaban J connectivity index is 3.40. The highest BCUT2D eigenvalue weighted by molar-refractivity contribution is 5.76. The number of carbonyl (C=O) groups excluding carboxylic acids is 2. The van der Waals surface area contributed by atoms with Crippen molar-refractivity contribution in [3.05, 3.63) is 48.6 Å². The fourth-order valence-corrected chi connectivity index (χ4v) is 10.2. The summed E-state index contributed by atoms with van der Waals surface area (Å²) in [5.74, 6) is -0.0625. The van der Waals surface area contributed by atoms with Gasteiger partial charge in [-0.05, 0) is 83.5 Å². The van der Waals surface area contributed by atoms with Crippen molar-refractivity contribution in [2.24, 2.45) is 0 Å². The van der Waals surface area contributed by atoms with Crippen LogP contribution in [-0.2, 0) is 14.3 Å². The topological polar surface area (TPSA) is 95.9 Å². The van der Waals surface area contributed by atoms with Crippen LogP contribution in [0.5, 0.6) is 0 Å². The molecule has 6 nitrogen and oxygen atoms in total. The SMILES string of the molecule is CCCC/C=C\CCCCCCCC(=O)OCCCCCCCCCCC/C=C\C/C=C\CCCCCCCCCCCCCCCCCCCC(=O)NC(CO)C(O)/C=C/CCCCCCCCCCCCCC. The van der Waals surface area contributed by atoms with Gasteiger partial charge in [-0.2, -0.15) is 0 Å². The van der Waals surface area contributed by atoms with Crippen molar-refractivity contribution in [1.82, 2.24) is 5.32 Å². The number of esters is 1. The van der Waals surface area contributed by atoms with E-state index in [0.29, 0.717) is 19.4 Å². The Hall–Kier alpha value is -2.18. The Labute approximate surface area is 467 Å². The zero-order chi connectivity index (χ0) is 54.3. The molecule has 75 heavy (non-hydrogen) atoms. The van der Waals surface area contributed by atoms with Gasteiger partial charge < -0.3 is 20.3 Å². The number of aliphatic hydroxyl groups is 2. The molecule has 0 aromatic heterocycles. The van der Waals surface area contributed by atoms with E-state index in [4.69, 9.17) is 4.74 Å². The minimum Gasteiger partial charge on any atom is -0.466 e. The van der Waals surface area contributed by atoms with Gasteiger partial charge in [0.25, 0.3) is 0 Å². The number of nitrogens with one attached hydrogen (secondary N) is 1. The molecule has 0 spiro atoms. The van der Waals surface area contributed by atoms with Crippen molar-refractivity contribution in [2.75, 3.05) is 13.2 Å². The van der Waals surface area contributed by atoms with Crippen LogP contribution in [0, 0.1) is 0 Å². The van der Waals surface area contributed by atoms with Crippen molar-refractivity contribution in [3.8, 4) is 0 Å². The van der Waals surface area contributed by atoms with Crippen LogP contribution in [0.15, 0.2) is 48.6 Å². The highest BCUT2D eigenvalue weighted by atomic mass is 16.5. The van der Waals surface area contributed by atoms with Gasteiger partial charge in [-0.3, -0.25) is 9.59 Å². The molecule has 2 atom stereocenters. The van der Waals surface area contributed by atoms with Crippen LogP contribution in [-0.4, -0.2) is 47.4 Å². The lowest BCUT2D eigenvalue weighted by Crippen LogP contribution is -2.45. The van der Waals surface area contributed by atoms with E-state index >= 15 is 0 Å². The first kappa shape index (κ1) is 72.8. The predicted molar refractivity (Wildman–Crippen MR) is 329 cm³/mol. The van der Waals surface area contributed by atoms with Gasteiger partial charge in [0.15, 0.2) is 0 Å². The lowest BCUT2D eigenvalue weighted by Gasteiger charge is -2.20. The Morgan fingerprint density at radius 2 is 0.680 bits per heavy atom. The van der Waals surface area contributed by atoms with Gasteiger partial charge in [0.1, 0.15) is 0 Å². The van der Waals surface area contributed by atoms with Gasteiger partial charge in [0, 0.05) is 12.8 Å². The van der Waals surface area contributed by atoms with Crippen LogP contribution in [0.3, 0.4) is 0 Å². The third kappa shape index (κ3) is 60.9. The summed E-state index contributed by atoms with van der Waals surface area (Å²) >= 11 is 0. The number of amides is 1. The second-order valence-corrected chi connectivity index (χ2v) is 22.8. The smallest absolute Gasteiger partial charge is 0.305 e. The lowest BCUT2D eigenvalue weighted by molar-refractivity contribution is -0.143. The van der Waals surface area contributed by atoms with Crippen molar-refractivity contribution in [2.45, 2.75) is 366 Å². The maximum atomic E-state index is 12.5. The van der Waals surface area contributed by atoms with E-state index in [9.17, 15) is 19.8 Å². The summed E-state index contributed by atoms with van der Waals surface area (Å²) in [4.78, 5) is 24.5. The van der Waals surface area contributed by atoms with Crippen LogP contribution in [0.4, 0.5) is 0 Å².